The predicted octanol–water partition coefficient (Wildman–Crippen LogP) is 1.48. The summed E-state index contributed by atoms with van der Waals surface area (Å²) in [6, 6.07) is 0.967. The van der Waals surface area contributed by atoms with E-state index in [4.69, 9.17) is 0 Å². The largest absolute Gasteiger partial charge is 0.348 e. The van der Waals surface area contributed by atoms with Gasteiger partial charge in [-0.1, -0.05) is 0 Å². The van der Waals surface area contributed by atoms with Crippen molar-refractivity contribution in [3.8, 4) is 0 Å². The molecule has 0 bridgehead atoms. The number of nitrogens with zero attached hydrogens (tertiary/aromatic N) is 4. The third kappa shape index (κ3) is 4.36. The topological polar surface area (TPSA) is 92.2 Å². The summed E-state index contributed by atoms with van der Waals surface area (Å²) in [5.74, 6) is 0.264. The third-order valence-electron chi connectivity index (χ3n) is 5.71. The van der Waals surface area contributed by atoms with E-state index in [0.717, 1.165) is 28.9 Å². The van der Waals surface area contributed by atoms with E-state index in [1.807, 2.05) is 16.8 Å². The Morgan fingerprint density at radius 3 is 2.86 bits per heavy atom. The van der Waals surface area contributed by atoms with Gasteiger partial charge >= 0.3 is 0 Å². The van der Waals surface area contributed by atoms with Gasteiger partial charge in [0.15, 0.2) is 0 Å². The maximum absolute atomic E-state index is 14.6. The molecule has 29 heavy (non-hydrogen) atoms. The molecule has 4 rings (SSSR count). The van der Waals surface area contributed by atoms with Crippen LogP contribution in [-0.2, 0) is 10.0 Å². The summed E-state index contributed by atoms with van der Waals surface area (Å²) in [4.78, 5) is 8.79. The number of piperidine rings is 1. The first-order valence-electron chi connectivity index (χ1n) is 9.87. The molecule has 4 atom stereocenters. The zero-order valence-electron chi connectivity index (χ0n) is 16.3. The molecule has 2 N–H and O–H groups in total. The Kier molecular flexibility index (Phi) is 5.71. The lowest BCUT2D eigenvalue weighted by molar-refractivity contribution is 0.186. The van der Waals surface area contributed by atoms with Crippen LogP contribution in [0.4, 0.5) is 14.7 Å². The Balaban J connectivity index is 1.53. The van der Waals surface area contributed by atoms with E-state index in [2.05, 4.69) is 20.6 Å². The Morgan fingerprint density at radius 2 is 2.10 bits per heavy atom. The molecule has 2 aromatic rings. The van der Waals surface area contributed by atoms with Gasteiger partial charge in [0.25, 0.3) is 0 Å². The van der Waals surface area contributed by atoms with E-state index < -0.39 is 28.4 Å². The molecule has 2 aliphatic rings. The molecule has 2 aliphatic heterocycles. The average molecular weight is 429 g/mol. The van der Waals surface area contributed by atoms with Crippen molar-refractivity contribution in [2.45, 2.75) is 43.7 Å². The lowest BCUT2D eigenvalue weighted by Crippen LogP contribution is -2.49. The number of nitrogens with one attached hydrogen (secondary N) is 2. The molecule has 4 heterocycles. The molecule has 0 aliphatic carbocycles. The second-order valence-electron chi connectivity index (χ2n) is 7.80. The fourth-order valence-corrected chi connectivity index (χ4v) is 4.94. The zero-order valence-corrected chi connectivity index (χ0v) is 17.1. The minimum Gasteiger partial charge on any atom is -0.348 e. The number of halogens is 2. The quantitative estimate of drug-likeness (QED) is 0.767. The van der Waals surface area contributed by atoms with Crippen molar-refractivity contribution in [2.75, 3.05) is 37.8 Å². The van der Waals surface area contributed by atoms with Gasteiger partial charge in [0, 0.05) is 37.4 Å². The lowest BCUT2D eigenvalue weighted by Gasteiger charge is -2.33. The second kappa shape index (κ2) is 8.11. The van der Waals surface area contributed by atoms with Crippen LogP contribution >= 0.6 is 0 Å². The SMILES string of the molecule is CS(=O)(=O)N1CC[C@@H](Nc2ncc3ccn(C4CCCNCC4F)c3n2)[C@H](F)C1. The van der Waals surface area contributed by atoms with E-state index >= 15 is 0 Å². The molecular weight excluding hydrogens is 402 g/mol. The first kappa shape index (κ1) is 20.4. The Bertz CT molecular complexity index is 968. The smallest absolute Gasteiger partial charge is 0.224 e. The molecule has 0 spiro atoms. The van der Waals surface area contributed by atoms with Crippen molar-refractivity contribution in [1.29, 1.82) is 0 Å². The summed E-state index contributed by atoms with van der Waals surface area (Å²) in [5.41, 5.74) is 0.612. The standard InChI is InChI=1S/C18H26F2N6O2S/c1-29(27,28)25-7-5-15(14(20)11-25)23-18-22-9-12-4-8-26(17(12)24-18)16-3-2-6-21-10-13(16)19/h4,8-9,13-16,21H,2-3,5-7,10-11H2,1H3,(H,22,23,24)/t13?,14-,15-,16?/m1/s1. The molecule has 0 amide bonds. The Morgan fingerprint density at radius 1 is 1.28 bits per heavy atom. The van der Waals surface area contributed by atoms with Gasteiger partial charge in [0.2, 0.25) is 16.0 Å². The number of sulfonamides is 1. The molecule has 11 heteroatoms. The molecule has 8 nitrogen and oxygen atoms in total. The summed E-state index contributed by atoms with van der Waals surface area (Å²) < 4.78 is 55.4. The number of rotatable bonds is 4. The number of alkyl halides is 2. The minimum atomic E-state index is -3.41. The molecule has 2 unspecified atom stereocenters. The summed E-state index contributed by atoms with van der Waals surface area (Å²) in [6.07, 6.45) is 4.07. The maximum atomic E-state index is 14.6. The van der Waals surface area contributed by atoms with Crippen LogP contribution in [0.1, 0.15) is 25.3 Å². The van der Waals surface area contributed by atoms with E-state index in [1.165, 1.54) is 0 Å². The average Bonchev–Trinajstić information content (AvgIpc) is 2.96. The first-order valence-corrected chi connectivity index (χ1v) is 11.7. The van der Waals surface area contributed by atoms with E-state index in [-0.39, 0.29) is 25.1 Å². The third-order valence-corrected chi connectivity index (χ3v) is 6.98. The Labute approximate surface area is 168 Å². The maximum Gasteiger partial charge on any atom is 0.224 e. The van der Waals surface area contributed by atoms with Gasteiger partial charge in [-0.3, -0.25) is 0 Å². The number of fused-ring (bicyclic) bond motifs is 1. The fraction of sp³-hybridized carbons (Fsp3) is 0.667. The van der Waals surface area contributed by atoms with Crippen molar-refractivity contribution in [1.82, 2.24) is 24.2 Å². The Hall–Kier alpha value is -1.85. The summed E-state index contributed by atoms with van der Waals surface area (Å²) in [5, 5.41) is 6.89. The van der Waals surface area contributed by atoms with Crippen LogP contribution in [0.3, 0.4) is 0 Å². The molecule has 2 aromatic heterocycles. The van der Waals surface area contributed by atoms with Gasteiger partial charge in [0.05, 0.1) is 18.3 Å². The lowest BCUT2D eigenvalue weighted by atomic mass is 10.1. The highest BCUT2D eigenvalue weighted by Crippen LogP contribution is 2.28. The molecule has 0 radical (unpaired) electrons. The number of anilines is 1. The molecular formula is C18H26F2N6O2S. The minimum absolute atomic E-state index is 0.187. The highest BCUT2D eigenvalue weighted by molar-refractivity contribution is 7.88. The van der Waals surface area contributed by atoms with Crippen molar-refractivity contribution in [2.24, 2.45) is 0 Å². The van der Waals surface area contributed by atoms with Crippen LogP contribution in [0.15, 0.2) is 18.5 Å². The predicted molar refractivity (Wildman–Crippen MR) is 107 cm³/mol. The van der Waals surface area contributed by atoms with Crippen LogP contribution in [0.25, 0.3) is 11.0 Å². The first-order chi connectivity index (χ1) is 13.8. The van der Waals surface area contributed by atoms with E-state index in [1.54, 1.807) is 6.20 Å². The molecule has 0 aromatic carbocycles. The van der Waals surface area contributed by atoms with Gasteiger partial charge < -0.3 is 15.2 Å². The molecule has 0 saturated carbocycles. The number of aromatic nitrogens is 3. The van der Waals surface area contributed by atoms with Crippen LogP contribution < -0.4 is 10.6 Å². The van der Waals surface area contributed by atoms with Crippen LogP contribution in [0.2, 0.25) is 0 Å². The van der Waals surface area contributed by atoms with E-state index in [9.17, 15) is 17.2 Å². The van der Waals surface area contributed by atoms with Gasteiger partial charge in [-0.25, -0.2) is 22.2 Å². The summed E-state index contributed by atoms with van der Waals surface area (Å²) >= 11 is 0. The van der Waals surface area contributed by atoms with Gasteiger partial charge in [0.1, 0.15) is 18.0 Å². The summed E-state index contributed by atoms with van der Waals surface area (Å²) in [7, 11) is -3.41. The van der Waals surface area contributed by atoms with Crippen molar-refractivity contribution in [3.63, 3.8) is 0 Å². The van der Waals surface area contributed by atoms with Crippen molar-refractivity contribution >= 4 is 27.0 Å². The van der Waals surface area contributed by atoms with Gasteiger partial charge in [-0.15, -0.1) is 0 Å². The zero-order chi connectivity index (χ0) is 20.6. The van der Waals surface area contributed by atoms with Crippen molar-refractivity contribution < 1.29 is 17.2 Å². The van der Waals surface area contributed by atoms with Gasteiger partial charge in [-0.05, 0) is 31.9 Å². The highest BCUT2D eigenvalue weighted by Gasteiger charge is 2.33. The molecule has 2 saturated heterocycles. The highest BCUT2D eigenvalue weighted by atomic mass is 32.2. The van der Waals surface area contributed by atoms with Crippen LogP contribution in [-0.4, -0.2) is 78.1 Å². The number of hydrogen-bond acceptors (Lipinski definition) is 6. The molecule has 160 valence electrons. The second-order valence-corrected chi connectivity index (χ2v) is 9.78. The van der Waals surface area contributed by atoms with Crippen molar-refractivity contribution in [3.05, 3.63) is 18.5 Å². The molecule has 2 fully saturated rings. The monoisotopic (exact) mass is 428 g/mol. The number of hydrogen-bond donors (Lipinski definition) is 2. The van der Waals surface area contributed by atoms with E-state index in [0.29, 0.717) is 25.0 Å². The van der Waals surface area contributed by atoms with Crippen LogP contribution in [0, 0.1) is 0 Å². The van der Waals surface area contributed by atoms with Gasteiger partial charge in [-0.2, -0.15) is 9.29 Å². The normalized spacial score (nSPS) is 29.6. The summed E-state index contributed by atoms with van der Waals surface area (Å²) in [6.45, 7) is 1.16. The van der Waals surface area contributed by atoms with Crippen LogP contribution in [0.5, 0.6) is 0 Å². The fourth-order valence-electron chi connectivity index (χ4n) is 4.09.